The third-order valence-corrected chi connectivity index (χ3v) is 6.50. The Labute approximate surface area is 182 Å². The Kier molecular flexibility index (Phi) is 8.39. The SMILES string of the molecule is CCCCCCC1CCC(c2ccc(-c3ccc(OCC)c(F)c3F)c(F)c2F)CC1. The Morgan fingerprint density at radius 3 is 2.03 bits per heavy atom. The molecule has 2 aromatic rings. The van der Waals surface area contributed by atoms with Gasteiger partial charge < -0.3 is 4.74 Å². The second-order valence-corrected chi connectivity index (χ2v) is 8.57. The van der Waals surface area contributed by atoms with Crippen molar-refractivity contribution >= 4 is 0 Å². The average Bonchev–Trinajstić information content (AvgIpc) is 2.78. The molecule has 0 amide bonds. The first-order valence-electron chi connectivity index (χ1n) is 11.6. The first-order valence-corrected chi connectivity index (χ1v) is 11.6. The van der Waals surface area contributed by atoms with Gasteiger partial charge in [0.05, 0.1) is 6.61 Å². The lowest BCUT2D eigenvalue weighted by Crippen LogP contribution is -2.15. The molecule has 0 N–H and O–H groups in total. The second kappa shape index (κ2) is 11.0. The van der Waals surface area contributed by atoms with Crippen molar-refractivity contribution in [1.82, 2.24) is 0 Å². The molecule has 0 unspecified atom stereocenters. The van der Waals surface area contributed by atoms with Crippen molar-refractivity contribution in [3.8, 4) is 16.9 Å². The van der Waals surface area contributed by atoms with E-state index in [-0.39, 0.29) is 29.4 Å². The highest BCUT2D eigenvalue weighted by Crippen LogP contribution is 2.41. The fraction of sp³-hybridized carbons (Fsp3) is 0.538. The maximum Gasteiger partial charge on any atom is 0.201 e. The molecule has 0 aromatic heterocycles. The van der Waals surface area contributed by atoms with Crippen LogP contribution in [0.15, 0.2) is 24.3 Å². The quantitative estimate of drug-likeness (QED) is 0.283. The zero-order valence-electron chi connectivity index (χ0n) is 18.5. The summed E-state index contributed by atoms with van der Waals surface area (Å²) in [6, 6.07) is 5.37. The highest BCUT2D eigenvalue weighted by atomic mass is 19.2. The number of hydrogen-bond donors (Lipinski definition) is 0. The average molecular weight is 437 g/mol. The van der Waals surface area contributed by atoms with Crippen LogP contribution in [0.2, 0.25) is 0 Å². The molecule has 5 heteroatoms. The molecular formula is C26H32F4O. The maximum atomic E-state index is 14.9. The van der Waals surface area contributed by atoms with Gasteiger partial charge in [-0.3, -0.25) is 0 Å². The molecule has 0 atom stereocenters. The van der Waals surface area contributed by atoms with Gasteiger partial charge >= 0.3 is 0 Å². The van der Waals surface area contributed by atoms with Crippen LogP contribution in [0.3, 0.4) is 0 Å². The number of hydrogen-bond acceptors (Lipinski definition) is 1. The first-order chi connectivity index (χ1) is 15.0. The molecule has 1 fully saturated rings. The van der Waals surface area contributed by atoms with Gasteiger partial charge in [0.2, 0.25) is 5.82 Å². The van der Waals surface area contributed by atoms with Crippen molar-refractivity contribution in [3.05, 3.63) is 53.1 Å². The molecule has 0 saturated heterocycles. The van der Waals surface area contributed by atoms with Crippen molar-refractivity contribution in [2.24, 2.45) is 5.92 Å². The van der Waals surface area contributed by atoms with E-state index in [0.717, 1.165) is 25.7 Å². The minimum Gasteiger partial charge on any atom is -0.491 e. The van der Waals surface area contributed by atoms with E-state index in [1.165, 1.54) is 56.4 Å². The van der Waals surface area contributed by atoms with Crippen LogP contribution in [0.4, 0.5) is 17.6 Å². The van der Waals surface area contributed by atoms with Crippen LogP contribution in [-0.4, -0.2) is 6.61 Å². The molecule has 1 aliphatic rings. The molecule has 3 rings (SSSR count). The van der Waals surface area contributed by atoms with Gasteiger partial charge in [-0.25, -0.2) is 13.2 Å². The van der Waals surface area contributed by atoms with Crippen molar-refractivity contribution in [2.45, 2.75) is 77.6 Å². The van der Waals surface area contributed by atoms with E-state index in [2.05, 4.69) is 6.92 Å². The summed E-state index contributed by atoms with van der Waals surface area (Å²) >= 11 is 0. The Morgan fingerprint density at radius 2 is 1.39 bits per heavy atom. The lowest BCUT2D eigenvalue weighted by atomic mass is 9.76. The summed E-state index contributed by atoms with van der Waals surface area (Å²) in [6.07, 6.45) is 9.93. The van der Waals surface area contributed by atoms with E-state index < -0.39 is 23.3 Å². The third kappa shape index (κ3) is 5.42. The molecule has 0 bridgehead atoms. The molecule has 1 saturated carbocycles. The fourth-order valence-corrected chi connectivity index (χ4v) is 4.72. The number of rotatable bonds is 9. The summed E-state index contributed by atoms with van der Waals surface area (Å²) in [5.74, 6) is -4.11. The first kappa shape index (κ1) is 23.6. The number of ether oxygens (including phenoxy) is 1. The number of halogens is 4. The maximum absolute atomic E-state index is 14.9. The largest absolute Gasteiger partial charge is 0.491 e. The van der Waals surface area contributed by atoms with Crippen LogP contribution in [0.25, 0.3) is 11.1 Å². The van der Waals surface area contributed by atoms with E-state index in [0.29, 0.717) is 11.5 Å². The molecule has 1 aliphatic carbocycles. The van der Waals surface area contributed by atoms with Gasteiger partial charge in [-0.1, -0.05) is 51.2 Å². The summed E-state index contributed by atoms with van der Waals surface area (Å²) in [5.41, 5.74) is -0.234. The third-order valence-electron chi connectivity index (χ3n) is 6.50. The number of unbranched alkanes of at least 4 members (excludes halogenated alkanes) is 3. The Hall–Kier alpha value is -2.04. The molecule has 0 spiro atoms. The van der Waals surface area contributed by atoms with Crippen LogP contribution in [0.5, 0.6) is 5.75 Å². The summed E-state index contributed by atoms with van der Waals surface area (Å²) in [6.45, 7) is 4.03. The molecule has 170 valence electrons. The van der Waals surface area contributed by atoms with E-state index in [1.54, 1.807) is 6.92 Å². The van der Waals surface area contributed by atoms with E-state index >= 15 is 0 Å². The van der Waals surface area contributed by atoms with Crippen LogP contribution >= 0.6 is 0 Å². The predicted octanol–water partition coefficient (Wildman–Crippen LogP) is 8.55. The molecule has 2 aromatic carbocycles. The summed E-state index contributed by atoms with van der Waals surface area (Å²) in [7, 11) is 0. The van der Waals surface area contributed by atoms with Gasteiger partial charge in [0.15, 0.2) is 23.2 Å². The standard InChI is InChI=1S/C26H32F4O/c1-3-5-6-7-8-17-9-11-18(12-10-17)19-13-14-20(24(28)23(19)27)21-15-16-22(31-4-2)26(30)25(21)29/h13-18H,3-12H2,1-2H3. The highest BCUT2D eigenvalue weighted by molar-refractivity contribution is 5.66. The van der Waals surface area contributed by atoms with Crippen LogP contribution in [-0.2, 0) is 0 Å². The van der Waals surface area contributed by atoms with Gasteiger partial charge in [0.25, 0.3) is 0 Å². The Bertz CT molecular complexity index is 872. The minimum atomic E-state index is -1.24. The smallest absolute Gasteiger partial charge is 0.201 e. The summed E-state index contributed by atoms with van der Waals surface area (Å²) in [5, 5.41) is 0. The van der Waals surface area contributed by atoms with Gasteiger partial charge in [0, 0.05) is 11.1 Å². The van der Waals surface area contributed by atoms with Crippen LogP contribution < -0.4 is 4.74 Å². The van der Waals surface area contributed by atoms with Gasteiger partial charge in [0.1, 0.15) is 0 Å². The van der Waals surface area contributed by atoms with Gasteiger partial charge in [-0.2, -0.15) is 4.39 Å². The van der Waals surface area contributed by atoms with Crippen molar-refractivity contribution < 1.29 is 22.3 Å². The van der Waals surface area contributed by atoms with Crippen molar-refractivity contribution in [3.63, 3.8) is 0 Å². The Balaban J connectivity index is 1.73. The second-order valence-electron chi connectivity index (χ2n) is 8.57. The zero-order chi connectivity index (χ0) is 22.4. The highest BCUT2D eigenvalue weighted by Gasteiger charge is 2.27. The molecule has 0 heterocycles. The lowest BCUT2D eigenvalue weighted by Gasteiger charge is -2.29. The van der Waals surface area contributed by atoms with Gasteiger partial charge in [-0.15, -0.1) is 0 Å². The van der Waals surface area contributed by atoms with Crippen LogP contribution in [0, 0.1) is 29.2 Å². The normalized spacial score (nSPS) is 18.9. The topological polar surface area (TPSA) is 9.23 Å². The molecular weight excluding hydrogens is 404 g/mol. The summed E-state index contributed by atoms with van der Waals surface area (Å²) < 4.78 is 63.5. The molecule has 31 heavy (non-hydrogen) atoms. The van der Waals surface area contributed by atoms with E-state index in [1.807, 2.05) is 0 Å². The van der Waals surface area contributed by atoms with E-state index in [4.69, 9.17) is 4.74 Å². The van der Waals surface area contributed by atoms with Crippen molar-refractivity contribution in [2.75, 3.05) is 6.61 Å². The predicted molar refractivity (Wildman–Crippen MR) is 116 cm³/mol. The van der Waals surface area contributed by atoms with Crippen molar-refractivity contribution in [1.29, 1.82) is 0 Å². The van der Waals surface area contributed by atoms with Crippen LogP contribution in [0.1, 0.15) is 83.1 Å². The van der Waals surface area contributed by atoms with E-state index in [9.17, 15) is 17.6 Å². The lowest BCUT2D eigenvalue weighted by molar-refractivity contribution is 0.297. The molecule has 0 aliphatic heterocycles. The molecule has 0 radical (unpaired) electrons. The fourth-order valence-electron chi connectivity index (χ4n) is 4.72. The zero-order valence-corrected chi connectivity index (χ0v) is 18.5. The monoisotopic (exact) mass is 436 g/mol. The Morgan fingerprint density at radius 1 is 0.742 bits per heavy atom. The molecule has 1 nitrogen and oxygen atoms in total. The summed E-state index contributed by atoms with van der Waals surface area (Å²) in [4.78, 5) is 0. The van der Waals surface area contributed by atoms with Gasteiger partial charge in [-0.05, 0) is 62.1 Å². The number of benzene rings is 2. The minimum absolute atomic E-state index is 0.0302.